The number of hydrogen-bond donors (Lipinski definition) is 1. The molecule has 1 atom stereocenters. The van der Waals surface area contributed by atoms with Gasteiger partial charge in [0.05, 0.1) is 6.61 Å². The lowest BCUT2D eigenvalue weighted by Crippen LogP contribution is -2.43. The Morgan fingerprint density at radius 2 is 2.32 bits per heavy atom. The molecular weight excluding hydrogens is 242 g/mol. The number of benzene rings is 1. The van der Waals surface area contributed by atoms with Gasteiger partial charge in [0.25, 0.3) is 0 Å². The molecule has 1 aromatic rings. The van der Waals surface area contributed by atoms with Crippen LogP contribution < -0.4 is 4.74 Å². The predicted molar refractivity (Wildman–Crippen MR) is 73.3 cm³/mol. The van der Waals surface area contributed by atoms with Gasteiger partial charge in [0.15, 0.2) is 0 Å². The second-order valence-corrected chi connectivity index (χ2v) is 4.90. The first-order valence-corrected chi connectivity index (χ1v) is 6.89. The summed E-state index contributed by atoms with van der Waals surface area (Å²) in [5.41, 5.74) is 1.11. The quantitative estimate of drug-likeness (QED) is 0.887. The molecule has 2 rings (SSSR count). The number of piperidine rings is 1. The molecular formula is C15H21NO3. The topological polar surface area (TPSA) is 49.8 Å². The standard InChI is InChI=1S/C15H21NO3/c1-2-19-13-7-5-6-12(10-13)11-16-9-4-3-8-14(16)15(17)18/h5-7,10,14H,2-4,8-9,11H2,1H3,(H,17,18). The Balaban J connectivity index is 2.06. The van der Waals surface area contributed by atoms with Crippen molar-refractivity contribution in [3.05, 3.63) is 29.8 Å². The molecule has 4 nitrogen and oxygen atoms in total. The van der Waals surface area contributed by atoms with Crippen LogP contribution in [0, 0.1) is 0 Å². The van der Waals surface area contributed by atoms with E-state index < -0.39 is 5.97 Å². The molecule has 1 N–H and O–H groups in total. The third-order valence-electron chi connectivity index (χ3n) is 3.49. The van der Waals surface area contributed by atoms with E-state index in [0.29, 0.717) is 13.2 Å². The average Bonchev–Trinajstić information content (AvgIpc) is 2.40. The molecule has 0 radical (unpaired) electrons. The lowest BCUT2D eigenvalue weighted by molar-refractivity contribution is -0.144. The number of likely N-dealkylation sites (tertiary alicyclic amines) is 1. The van der Waals surface area contributed by atoms with Crippen LogP contribution in [0.15, 0.2) is 24.3 Å². The molecule has 19 heavy (non-hydrogen) atoms. The third-order valence-corrected chi connectivity index (χ3v) is 3.49. The summed E-state index contributed by atoms with van der Waals surface area (Å²) in [5, 5.41) is 9.26. The van der Waals surface area contributed by atoms with E-state index in [1.165, 1.54) is 0 Å². The monoisotopic (exact) mass is 263 g/mol. The van der Waals surface area contributed by atoms with Crippen LogP contribution in [0.25, 0.3) is 0 Å². The van der Waals surface area contributed by atoms with Crippen LogP contribution in [0.5, 0.6) is 5.75 Å². The van der Waals surface area contributed by atoms with Gasteiger partial charge >= 0.3 is 5.97 Å². The maximum Gasteiger partial charge on any atom is 0.320 e. The van der Waals surface area contributed by atoms with Crippen molar-refractivity contribution in [2.45, 2.75) is 38.8 Å². The van der Waals surface area contributed by atoms with Crippen LogP contribution in [0.4, 0.5) is 0 Å². The minimum Gasteiger partial charge on any atom is -0.494 e. The van der Waals surface area contributed by atoms with Crippen molar-refractivity contribution in [2.75, 3.05) is 13.2 Å². The molecule has 0 bridgehead atoms. The molecule has 1 fully saturated rings. The maximum atomic E-state index is 11.3. The summed E-state index contributed by atoms with van der Waals surface area (Å²) in [5.74, 6) is 0.143. The highest BCUT2D eigenvalue weighted by molar-refractivity contribution is 5.73. The molecule has 1 aromatic carbocycles. The Kier molecular flexibility index (Phi) is 4.80. The fourth-order valence-corrected chi connectivity index (χ4v) is 2.59. The summed E-state index contributed by atoms with van der Waals surface area (Å²) < 4.78 is 5.48. The molecule has 0 amide bonds. The first-order chi connectivity index (χ1) is 9.20. The molecule has 104 valence electrons. The number of aliphatic carboxylic acids is 1. The van der Waals surface area contributed by atoms with Crippen molar-refractivity contribution in [2.24, 2.45) is 0 Å². The Morgan fingerprint density at radius 3 is 3.05 bits per heavy atom. The minimum absolute atomic E-state index is 0.343. The molecule has 1 aliphatic rings. The minimum atomic E-state index is -0.708. The van der Waals surface area contributed by atoms with Crippen LogP contribution in [0.1, 0.15) is 31.7 Å². The van der Waals surface area contributed by atoms with Gasteiger partial charge in [-0.1, -0.05) is 18.6 Å². The van der Waals surface area contributed by atoms with Crippen LogP contribution in [0.2, 0.25) is 0 Å². The van der Waals surface area contributed by atoms with Gasteiger partial charge in [-0.25, -0.2) is 0 Å². The van der Waals surface area contributed by atoms with Crippen molar-refractivity contribution >= 4 is 5.97 Å². The largest absolute Gasteiger partial charge is 0.494 e. The van der Waals surface area contributed by atoms with E-state index in [9.17, 15) is 9.90 Å². The summed E-state index contributed by atoms with van der Waals surface area (Å²) in [4.78, 5) is 13.3. The van der Waals surface area contributed by atoms with Gasteiger partial charge in [-0.3, -0.25) is 9.69 Å². The van der Waals surface area contributed by atoms with Crippen LogP contribution in [-0.2, 0) is 11.3 Å². The highest BCUT2D eigenvalue weighted by atomic mass is 16.5. The molecule has 1 saturated heterocycles. The van der Waals surface area contributed by atoms with Gasteiger partial charge in [-0.2, -0.15) is 0 Å². The average molecular weight is 263 g/mol. The Bertz CT molecular complexity index is 433. The summed E-state index contributed by atoms with van der Waals surface area (Å²) in [7, 11) is 0. The Hall–Kier alpha value is -1.55. The van der Waals surface area contributed by atoms with Crippen molar-refractivity contribution in [3.63, 3.8) is 0 Å². The predicted octanol–water partition coefficient (Wildman–Crippen LogP) is 2.52. The second kappa shape index (κ2) is 6.57. The van der Waals surface area contributed by atoms with Gasteiger partial charge in [0.1, 0.15) is 11.8 Å². The van der Waals surface area contributed by atoms with Crippen molar-refractivity contribution in [1.29, 1.82) is 0 Å². The van der Waals surface area contributed by atoms with Crippen LogP contribution in [0.3, 0.4) is 0 Å². The first-order valence-electron chi connectivity index (χ1n) is 6.89. The fraction of sp³-hybridized carbons (Fsp3) is 0.533. The highest BCUT2D eigenvalue weighted by Gasteiger charge is 2.28. The van der Waals surface area contributed by atoms with E-state index in [2.05, 4.69) is 4.90 Å². The maximum absolute atomic E-state index is 11.3. The molecule has 4 heteroatoms. The van der Waals surface area contributed by atoms with Crippen LogP contribution >= 0.6 is 0 Å². The zero-order valence-corrected chi connectivity index (χ0v) is 11.3. The first kappa shape index (κ1) is 13.9. The number of rotatable bonds is 5. The van der Waals surface area contributed by atoms with E-state index in [1.807, 2.05) is 31.2 Å². The Labute approximate surface area is 114 Å². The number of carboxylic acids is 1. The van der Waals surface area contributed by atoms with Crippen molar-refractivity contribution < 1.29 is 14.6 Å². The smallest absolute Gasteiger partial charge is 0.320 e. The lowest BCUT2D eigenvalue weighted by Gasteiger charge is -2.32. The number of nitrogens with zero attached hydrogens (tertiary/aromatic N) is 1. The second-order valence-electron chi connectivity index (χ2n) is 4.90. The van der Waals surface area contributed by atoms with Gasteiger partial charge in [-0.15, -0.1) is 0 Å². The van der Waals surface area contributed by atoms with Gasteiger partial charge in [-0.05, 0) is 44.0 Å². The third kappa shape index (κ3) is 3.70. The van der Waals surface area contributed by atoms with E-state index in [1.54, 1.807) is 0 Å². The van der Waals surface area contributed by atoms with Crippen molar-refractivity contribution in [3.8, 4) is 5.75 Å². The zero-order valence-electron chi connectivity index (χ0n) is 11.3. The number of ether oxygens (including phenoxy) is 1. The fourth-order valence-electron chi connectivity index (χ4n) is 2.59. The van der Waals surface area contributed by atoms with E-state index in [0.717, 1.165) is 37.1 Å². The summed E-state index contributed by atoms with van der Waals surface area (Å²) in [6, 6.07) is 7.56. The summed E-state index contributed by atoms with van der Waals surface area (Å²) >= 11 is 0. The Morgan fingerprint density at radius 1 is 1.47 bits per heavy atom. The zero-order chi connectivity index (χ0) is 13.7. The number of carbonyl (C=O) groups is 1. The van der Waals surface area contributed by atoms with Crippen molar-refractivity contribution in [1.82, 2.24) is 4.90 Å². The summed E-state index contributed by atoms with van der Waals surface area (Å²) in [6.45, 7) is 4.14. The van der Waals surface area contributed by atoms with Gasteiger partial charge in [0, 0.05) is 6.54 Å². The molecule has 1 unspecified atom stereocenters. The SMILES string of the molecule is CCOc1cccc(CN2CCCCC2C(=O)O)c1. The molecule has 0 spiro atoms. The molecule has 0 aromatic heterocycles. The molecule has 1 aliphatic heterocycles. The highest BCUT2D eigenvalue weighted by Crippen LogP contribution is 2.21. The molecule has 0 saturated carbocycles. The lowest BCUT2D eigenvalue weighted by atomic mass is 10.0. The van der Waals surface area contributed by atoms with E-state index in [-0.39, 0.29) is 6.04 Å². The van der Waals surface area contributed by atoms with Gasteiger partial charge in [0.2, 0.25) is 0 Å². The normalized spacial score (nSPS) is 20.2. The van der Waals surface area contributed by atoms with E-state index in [4.69, 9.17) is 4.74 Å². The number of hydrogen-bond acceptors (Lipinski definition) is 3. The molecule has 1 heterocycles. The van der Waals surface area contributed by atoms with Crippen LogP contribution in [-0.4, -0.2) is 35.2 Å². The molecule has 0 aliphatic carbocycles. The summed E-state index contributed by atoms with van der Waals surface area (Å²) in [6.07, 6.45) is 2.84. The van der Waals surface area contributed by atoms with E-state index >= 15 is 0 Å². The number of carboxylic acid groups (broad SMARTS) is 1. The van der Waals surface area contributed by atoms with Gasteiger partial charge < -0.3 is 9.84 Å².